The molecule has 0 amide bonds. The van der Waals surface area contributed by atoms with Gasteiger partial charge in [0.1, 0.15) is 0 Å². The molecule has 4 nitrogen and oxygen atoms in total. The second-order valence-electron chi connectivity index (χ2n) is 3.08. The molecule has 0 saturated carbocycles. The zero-order chi connectivity index (χ0) is 10.6. The summed E-state index contributed by atoms with van der Waals surface area (Å²) in [5.41, 5.74) is 0. The largest absolute Gasteiger partial charge is 0.480 e. The van der Waals surface area contributed by atoms with Gasteiger partial charge in [0.25, 0.3) is 0 Å². The monoisotopic (exact) mass is 259 g/mol. The van der Waals surface area contributed by atoms with Crippen molar-refractivity contribution in [1.29, 1.82) is 0 Å². The average molecular weight is 260 g/mol. The van der Waals surface area contributed by atoms with Gasteiger partial charge in [-0.1, -0.05) is 22.9 Å². The molecular formula is C9H14BrN3O. The lowest BCUT2D eigenvalue weighted by atomic mass is 10.4. The van der Waals surface area contributed by atoms with E-state index < -0.39 is 0 Å². The minimum atomic E-state index is 0.417. The highest BCUT2D eigenvalue weighted by Gasteiger charge is 2.06. The first-order chi connectivity index (χ1) is 6.63. The Hall–Kier alpha value is -0.840. The Balaban J connectivity index is 2.73. The minimum absolute atomic E-state index is 0.417. The molecule has 0 fully saturated rings. The first-order valence-electron chi connectivity index (χ1n) is 4.34. The highest BCUT2D eigenvalue weighted by atomic mass is 79.9. The molecule has 0 spiro atoms. The zero-order valence-electron chi connectivity index (χ0n) is 8.57. The summed E-state index contributed by atoms with van der Waals surface area (Å²) in [5.74, 6) is 1.35. The van der Waals surface area contributed by atoms with Gasteiger partial charge >= 0.3 is 0 Å². The molecule has 0 N–H and O–H groups in total. The second kappa shape index (κ2) is 5.14. The molecule has 0 radical (unpaired) electrons. The van der Waals surface area contributed by atoms with Gasteiger partial charge in [-0.05, 0) is 0 Å². The van der Waals surface area contributed by atoms with Crippen LogP contribution in [0.3, 0.4) is 0 Å². The van der Waals surface area contributed by atoms with Gasteiger partial charge in [-0.25, -0.2) is 0 Å². The van der Waals surface area contributed by atoms with E-state index in [4.69, 9.17) is 4.74 Å². The molecule has 78 valence electrons. The fourth-order valence-corrected chi connectivity index (χ4v) is 1.53. The van der Waals surface area contributed by atoms with Crippen molar-refractivity contribution in [3.8, 4) is 5.88 Å². The average Bonchev–Trinajstić information content (AvgIpc) is 2.17. The topological polar surface area (TPSA) is 38.2 Å². The van der Waals surface area contributed by atoms with E-state index in [1.54, 1.807) is 19.5 Å². The van der Waals surface area contributed by atoms with Crippen molar-refractivity contribution in [1.82, 2.24) is 9.97 Å². The molecule has 1 atom stereocenters. The van der Waals surface area contributed by atoms with Crippen LogP contribution >= 0.6 is 15.9 Å². The zero-order valence-corrected chi connectivity index (χ0v) is 10.2. The smallest absolute Gasteiger partial charge is 0.233 e. The number of aromatic nitrogens is 2. The van der Waals surface area contributed by atoms with Crippen molar-refractivity contribution in [3.05, 3.63) is 12.4 Å². The third-order valence-electron chi connectivity index (χ3n) is 1.73. The number of hydrogen-bond acceptors (Lipinski definition) is 4. The third kappa shape index (κ3) is 3.14. The maximum absolute atomic E-state index is 5.00. The number of nitrogens with zero attached hydrogens (tertiary/aromatic N) is 3. The first kappa shape index (κ1) is 11.2. The van der Waals surface area contributed by atoms with Crippen LogP contribution in [0.2, 0.25) is 0 Å². The van der Waals surface area contributed by atoms with Crippen molar-refractivity contribution in [3.63, 3.8) is 0 Å². The molecule has 0 aromatic carbocycles. The standard InChI is InChI=1S/C9H14BrN3O/c1-7(10)6-13(2)8-4-11-5-9(12-8)14-3/h4-5,7H,6H2,1-3H3. The van der Waals surface area contributed by atoms with Gasteiger partial charge < -0.3 is 9.64 Å². The molecule has 1 aromatic heterocycles. The lowest BCUT2D eigenvalue weighted by molar-refractivity contribution is 0.395. The maximum atomic E-state index is 5.00. The van der Waals surface area contributed by atoms with E-state index in [2.05, 4.69) is 32.8 Å². The normalized spacial score (nSPS) is 12.3. The number of alkyl halides is 1. The van der Waals surface area contributed by atoms with E-state index in [1.807, 2.05) is 11.9 Å². The van der Waals surface area contributed by atoms with Crippen LogP contribution in [0.5, 0.6) is 5.88 Å². The van der Waals surface area contributed by atoms with E-state index in [1.165, 1.54) is 0 Å². The lowest BCUT2D eigenvalue weighted by Crippen LogP contribution is -2.24. The van der Waals surface area contributed by atoms with Gasteiger partial charge in [-0.15, -0.1) is 0 Å². The molecule has 0 saturated heterocycles. The minimum Gasteiger partial charge on any atom is -0.480 e. The van der Waals surface area contributed by atoms with E-state index in [-0.39, 0.29) is 0 Å². The predicted octanol–water partition coefficient (Wildman–Crippen LogP) is 1.70. The molecule has 5 heteroatoms. The van der Waals surface area contributed by atoms with Gasteiger partial charge in [0, 0.05) is 18.4 Å². The maximum Gasteiger partial charge on any atom is 0.233 e. The summed E-state index contributed by atoms with van der Waals surface area (Å²) in [5, 5.41) is 0. The van der Waals surface area contributed by atoms with Crippen molar-refractivity contribution < 1.29 is 4.74 Å². The van der Waals surface area contributed by atoms with Crippen LogP contribution in [-0.4, -0.2) is 35.5 Å². The Bertz CT molecular complexity index is 293. The van der Waals surface area contributed by atoms with Gasteiger partial charge in [0.05, 0.1) is 19.5 Å². The third-order valence-corrected chi connectivity index (χ3v) is 2.01. The fraction of sp³-hybridized carbons (Fsp3) is 0.556. The van der Waals surface area contributed by atoms with Crippen LogP contribution < -0.4 is 9.64 Å². The SMILES string of the molecule is COc1cncc(N(C)CC(C)Br)n1. The van der Waals surface area contributed by atoms with Crippen LogP contribution in [0.4, 0.5) is 5.82 Å². The molecule has 1 rings (SSSR count). The number of methoxy groups -OCH3 is 1. The van der Waals surface area contributed by atoms with E-state index in [0.717, 1.165) is 12.4 Å². The summed E-state index contributed by atoms with van der Waals surface area (Å²) in [7, 11) is 3.56. The Kier molecular flexibility index (Phi) is 4.13. The van der Waals surface area contributed by atoms with Crippen molar-refractivity contribution in [2.45, 2.75) is 11.8 Å². The molecule has 1 heterocycles. The summed E-state index contributed by atoms with van der Waals surface area (Å²) in [6.07, 6.45) is 3.31. The lowest BCUT2D eigenvalue weighted by Gasteiger charge is -2.19. The summed E-state index contributed by atoms with van der Waals surface area (Å²) in [4.78, 5) is 10.7. The number of anilines is 1. The van der Waals surface area contributed by atoms with Crippen LogP contribution in [0.25, 0.3) is 0 Å². The van der Waals surface area contributed by atoms with Gasteiger partial charge in [-0.3, -0.25) is 4.98 Å². The van der Waals surface area contributed by atoms with Crippen LogP contribution in [-0.2, 0) is 0 Å². The van der Waals surface area contributed by atoms with Crippen molar-refractivity contribution in [2.75, 3.05) is 25.6 Å². The Labute approximate surface area is 92.4 Å². The Morgan fingerprint density at radius 1 is 1.57 bits per heavy atom. The molecule has 0 aliphatic rings. The highest BCUT2D eigenvalue weighted by Crippen LogP contribution is 2.13. The highest BCUT2D eigenvalue weighted by molar-refractivity contribution is 9.09. The summed E-state index contributed by atoms with van der Waals surface area (Å²) >= 11 is 3.49. The van der Waals surface area contributed by atoms with E-state index in [0.29, 0.717) is 10.7 Å². The number of rotatable bonds is 4. The predicted molar refractivity (Wildman–Crippen MR) is 60.2 cm³/mol. The Morgan fingerprint density at radius 3 is 2.86 bits per heavy atom. The molecule has 14 heavy (non-hydrogen) atoms. The molecule has 1 aromatic rings. The Morgan fingerprint density at radius 2 is 2.29 bits per heavy atom. The van der Waals surface area contributed by atoms with Gasteiger partial charge in [0.2, 0.25) is 5.88 Å². The van der Waals surface area contributed by atoms with Crippen LogP contribution in [0.1, 0.15) is 6.92 Å². The number of hydrogen-bond donors (Lipinski definition) is 0. The van der Waals surface area contributed by atoms with Crippen LogP contribution in [0, 0.1) is 0 Å². The first-order valence-corrected chi connectivity index (χ1v) is 5.26. The molecule has 0 aliphatic heterocycles. The molecular weight excluding hydrogens is 246 g/mol. The fourth-order valence-electron chi connectivity index (χ4n) is 1.09. The van der Waals surface area contributed by atoms with Crippen molar-refractivity contribution >= 4 is 21.7 Å². The number of ether oxygens (including phenoxy) is 1. The van der Waals surface area contributed by atoms with E-state index >= 15 is 0 Å². The molecule has 0 aliphatic carbocycles. The second-order valence-corrected chi connectivity index (χ2v) is 4.64. The van der Waals surface area contributed by atoms with Crippen molar-refractivity contribution in [2.24, 2.45) is 0 Å². The molecule has 1 unspecified atom stereocenters. The van der Waals surface area contributed by atoms with Gasteiger partial charge in [-0.2, -0.15) is 4.98 Å². The molecule has 0 bridgehead atoms. The summed E-state index contributed by atoms with van der Waals surface area (Å²) < 4.78 is 5.00. The van der Waals surface area contributed by atoms with E-state index in [9.17, 15) is 0 Å². The quantitative estimate of drug-likeness (QED) is 0.772. The van der Waals surface area contributed by atoms with Crippen LogP contribution in [0.15, 0.2) is 12.4 Å². The summed E-state index contributed by atoms with van der Waals surface area (Å²) in [6.45, 7) is 2.96. The summed E-state index contributed by atoms with van der Waals surface area (Å²) in [6, 6.07) is 0. The van der Waals surface area contributed by atoms with Gasteiger partial charge in [0.15, 0.2) is 5.82 Å². The number of halogens is 1.